The van der Waals surface area contributed by atoms with Gasteiger partial charge in [0.15, 0.2) is 0 Å². The molecule has 1 unspecified atom stereocenters. The summed E-state index contributed by atoms with van der Waals surface area (Å²) in [6, 6.07) is 12.1. The number of carboxylic acids is 1. The smallest absolute Gasteiger partial charge is 0.311 e. The molecule has 2 aromatic carbocycles. The second-order valence-corrected chi connectivity index (χ2v) is 5.42. The average Bonchev–Trinajstić information content (AvgIpc) is 2.46. The standard InChI is InChI=1S/C16H14Cl2O3/c1-21-15-7-6-11(17)9-12(15)13(16(19)20)8-10-4-2-3-5-14(10)18/h2-7,9,13H,8H2,1H3,(H,19,20). The third kappa shape index (κ3) is 3.69. The van der Waals surface area contributed by atoms with Gasteiger partial charge in [0, 0.05) is 15.6 Å². The Kier molecular flexibility index (Phi) is 5.10. The third-order valence-electron chi connectivity index (χ3n) is 3.25. The summed E-state index contributed by atoms with van der Waals surface area (Å²) in [6.07, 6.45) is 0.270. The minimum atomic E-state index is -0.949. The molecule has 0 aliphatic carbocycles. The highest BCUT2D eigenvalue weighted by Gasteiger charge is 2.25. The van der Waals surface area contributed by atoms with Gasteiger partial charge in [0.2, 0.25) is 0 Å². The summed E-state index contributed by atoms with van der Waals surface area (Å²) in [5, 5.41) is 10.6. The van der Waals surface area contributed by atoms with E-state index in [9.17, 15) is 9.90 Å². The molecule has 110 valence electrons. The molecule has 1 atom stereocenters. The van der Waals surface area contributed by atoms with Crippen LogP contribution in [-0.2, 0) is 11.2 Å². The summed E-state index contributed by atoms with van der Waals surface area (Å²) in [7, 11) is 1.50. The lowest BCUT2D eigenvalue weighted by molar-refractivity contribution is -0.138. The van der Waals surface area contributed by atoms with Crippen molar-refractivity contribution >= 4 is 29.2 Å². The molecule has 0 bridgehead atoms. The number of halogens is 2. The van der Waals surface area contributed by atoms with Gasteiger partial charge >= 0.3 is 5.97 Å². The van der Waals surface area contributed by atoms with E-state index in [1.165, 1.54) is 7.11 Å². The summed E-state index contributed by atoms with van der Waals surface area (Å²) in [5.41, 5.74) is 1.31. The van der Waals surface area contributed by atoms with Gasteiger partial charge in [-0.1, -0.05) is 41.4 Å². The topological polar surface area (TPSA) is 46.5 Å². The summed E-state index contributed by atoms with van der Waals surface area (Å²) in [6.45, 7) is 0. The highest BCUT2D eigenvalue weighted by atomic mass is 35.5. The number of ether oxygens (including phenoxy) is 1. The maximum atomic E-state index is 11.7. The van der Waals surface area contributed by atoms with Crippen LogP contribution in [-0.4, -0.2) is 18.2 Å². The molecular formula is C16H14Cl2O3. The molecule has 0 radical (unpaired) electrons. The highest BCUT2D eigenvalue weighted by Crippen LogP contribution is 2.33. The Morgan fingerprint density at radius 2 is 1.95 bits per heavy atom. The Labute approximate surface area is 133 Å². The van der Waals surface area contributed by atoms with E-state index in [0.29, 0.717) is 21.4 Å². The molecule has 0 saturated carbocycles. The number of rotatable bonds is 5. The first-order valence-corrected chi connectivity index (χ1v) is 7.08. The second kappa shape index (κ2) is 6.83. The lowest BCUT2D eigenvalue weighted by Gasteiger charge is -2.17. The van der Waals surface area contributed by atoms with Crippen molar-refractivity contribution in [3.05, 3.63) is 63.6 Å². The Morgan fingerprint density at radius 1 is 1.24 bits per heavy atom. The van der Waals surface area contributed by atoms with Crippen molar-refractivity contribution in [1.82, 2.24) is 0 Å². The minimum absolute atomic E-state index is 0.270. The van der Waals surface area contributed by atoms with Crippen LogP contribution in [0.15, 0.2) is 42.5 Å². The number of carbonyl (C=O) groups is 1. The van der Waals surface area contributed by atoms with E-state index in [1.54, 1.807) is 24.3 Å². The molecule has 0 aliphatic rings. The molecule has 0 spiro atoms. The van der Waals surface area contributed by atoms with Crippen LogP contribution in [0.4, 0.5) is 0 Å². The SMILES string of the molecule is COc1ccc(Cl)cc1C(Cc1ccccc1Cl)C(=O)O. The normalized spacial score (nSPS) is 12.0. The quantitative estimate of drug-likeness (QED) is 0.885. The molecule has 1 N–H and O–H groups in total. The van der Waals surface area contributed by atoms with Crippen molar-refractivity contribution in [2.24, 2.45) is 0 Å². The number of aliphatic carboxylic acids is 1. The van der Waals surface area contributed by atoms with Crippen molar-refractivity contribution < 1.29 is 14.6 Å². The first kappa shape index (κ1) is 15.7. The molecule has 0 aromatic heterocycles. The molecule has 3 nitrogen and oxygen atoms in total. The van der Waals surface area contributed by atoms with Gasteiger partial charge in [0.25, 0.3) is 0 Å². The predicted octanol–water partition coefficient (Wildman–Crippen LogP) is 4.41. The number of hydrogen-bond donors (Lipinski definition) is 1. The van der Waals surface area contributed by atoms with Crippen molar-refractivity contribution in [2.75, 3.05) is 7.11 Å². The number of hydrogen-bond acceptors (Lipinski definition) is 2. The molecule has 0 amide bonds. The highest BCUT2D eigenvalue weighted by molar-refractivity contribution is 6.31. The Bertz CT molecular complexity index is 656. The van der Waals surface area contributed by atoms with E-state index in [1.807, 2.05) is 18.2 Å². The van der Waals surface area contributed by atoms with Crippen LogP contribution in [0.3, 0.4) is 0 Å². The summed E-state index contributed by atoms with van der Waals surface area (Å²) < 4.78 is 5.24. The molecule has 0 fully saturated rings. The van der Waals surface area contributed by atoms with Gasteiger partial charge in [0.05, 0.1) is 13.0 Å². The maximum Gasteiger partial charge on any atom is 0.311 e. The third-order valence-corrected chi connectivity index (χ3v) is 3.85. The molecule has 0 saturated heterocycles. The van der Waals surface area contributed by atoms with Crippen LogP contribution in [0, 0.1) is 0 Å². The van der Waals surface area contributed by atoms with Gasteiger partial charge in [-0.3, -0.25) is 4.79 Å². The molecule has 2 rings (SSSR count). The fraction of sp³-hybridized carbons (Fsp3) is 0.188. The van der Waals surface area contributed by atoms with Crippen LogP contribution in [0.1, 0.15) is 17.0 Å². The molecule has 5 heteroatoms. The summed E-state index contributed by atoms with van der Waals surface area (Å²) in [4.78, 5) is 11.7. The zero-order valence-electron chi connectivity index (χ0n) is 11.3. The lowest BCUT2D eigenvalue weighted by Crippen LogP contribution is -2.15. The van der Waals surface area contributed by atoms with E-state index in [0.717, 1.165) is 5.56 Å². The Morgan fingerprint density at radius 3 is 2.57 bits per heavy atom. The molecular weight excluding hydrogens is 311 g/mol. The van der Waals surface area contributed by atoms with Gasteiger partial charge in [-0.25, -0.2) is 0 Å². The van der Waals surface area contributed by atoms with E-state index >= 15 is 0 Å². The van der Waals surface area contributed by atoms with Crippen LogP contribution in [0.5, 0.6) is 5.75 Å². The van der Waals surface area contributed by atoms with Gasteiger partial charge in [-0.15, -0.1) is 0 Å². The predicted molar refractivity (Wildman–Crippen MR) is 83.5 cm³/mol. The number of carboxylic acid groups (broad SMARTS) is 1. The fourth-order valence-electron chi connectivity index (χ4n) is 2.19. The lowest BCUT2D eigenvalue weighted by atomic mass is 9.91. The Balaban J connectivity index is 2.43. The first-order chi connectivity index (χ1) is 10.0. The second-order valence-electron chi connectivity index (χ2n) is 4.57. The monoisotopic (exact) mass is 324 g/mol. The molecule has 21 heavy (non-hydrogen) atoms. The fourth-order valence-corrected chi connectivity index (χ4v) is 2.59. The van der Waals surface area contributed by atoms with Crippen LogP contribution in [0.25, 0.3) is 0 Å². The molecule has 0 aliphatic heterocycles. The first-order valence-electron chi connectivity index (χ1n) is 6.32. The van der Waals surface area contributed by atoms with E-state index in [4.69, 9.17) is 27.9 Å². The zero-order chi connectivity index (χ0) is 15.4. The van der Waals surface area contributed by atoms with E-state index in [2.05, 4.69) is 0 Å². The van der Waals surface area contributed by atoms with Crippen molar-refractivity contribution in [3.8, 4) is 5.75 Å². The number of benzene rings is 2. The van der Waals surface area contributed by atoms with E-state index in [-0.39, 0.29) is 6.42 Å². The molecule has 2 aromatic rings. The van der Waals surface area contributed by atoms with Gasteiger partial charge in [-0.05, 0) is 36.2 Å². The van der Waals surface area contributed by atoms with Gasteiger partial charge in [0.1, 0.15) is 5.75 Å². The summed E-state index contributed by atoms with van der Waals surface area (Å²) >= 11 is 12.1. The van der Waals surface area contributed by atoms with Gasteiger partial charge in [-0.2, -0.15) is 0 Å². The zero-order valence-corrected chi connectivity index (χ0v) is 12.9. The average molecular weight is 325 g/mol. The van der Waals surface area contributed by atoms with Crippen LogP contribution >= 0.6 is 23.2 Å². The van der Waals surface area contributed by atoms with Gasteiger partial charge < -0.3 is 9.84 Å². The molecule has 0 heterocycles. The number of methoxy groups -OCH3 is 1. The largest absolute Gasteiger partial charge is 0.496 e. The van der Waals surface area contributed by atoms with Crippen molar-refractivity contribution in [3.63, 3.8) is 0 Å². The summed E-state index contributed by atoms with van der Waals surface area (Å²) in [5.74, 6) is -1.23. The van der Waals surface area contributed by atoms with Crippen molar-refractivity contribution in [2.45, 2.75) is 12.3 Å². The maximum absolute atomic E-state index is 11.7. The van der Waals surface area contributed by atoms with Crippen molar-refractivity contribution in [1.29, 1.82) is 0 Å². The van der Waals surface area contributed by atoms with E-state index < -0.39 is 11.9 Å². The van der Waals surface area contributed by atoms with Crippen LogP contribution < -0.4 is 4.74 Å². The van der Waals surface area contributed by atoms with Crippen LogP contribution in [0.2, 0.25) is 10.0 Å². The minimum Gasteiger partial charge on any atom is -0.496 e. The Hall–Kier alpha value is -1.71.